The van der Waals surface area contributed by atoms with Gasteiger partial charge in [0.1, 0.15) is 5.82 Å². The summed E-state index contributed by atoms with van der Waals surface area (Å²) >= 11 is 0. The van der Waals surface area contributed by atoms with Crippen molar-refractivity contribution in [3.63, 3.8) is 0 Å². The van der Waals surface area contributed by atoms with Gasteiger partial charge in [-0.3, -0.25) is 4.57 Å². The van der Waals surface area contributed by atoms with E-state index >= 15 is 0 Å². The van der Waals surface area contributed by atoms with Crippen molar-refractivity contribution in [2.45, 2.75) is 0 Å². The van der Waals surface area contributed by atoms with Gasteiger partial charge in [-0.15, -0.1) is 0 Å². The molecule has 4 heteroatoms. The van der Waals surface area contributed by atoms with Gasteiger partial charge in [0.2, 0.25) is 5.95 Å². The average Bonchev–Trinajstić information content (AvgIpc) is 3.44. The van der Waals surface area contributed by atoms with Crippen LogP contribution in [-0.4, -0.2) is 19.5 Å². The molecule has 200 valence electrons. The maximum absolute atomic E-state index is 5.24. The molecule has 9 rings (SSSR count). The zero-order chi connectivity index (χ0) is 28.3. The molecule has 0 saturated carbocycles. The van der Waals surface area contributed by atoms with Crippen LogP contribution in [0.5, 0.6) is 0 Å². The predicted molar refractivity (Wildman–Crippen MR) is 177 cm³/mol. The molecule has 0 radical (unpaired) electrons. The zero-order valence-electron chi connectivity index (χ0n) is 23.1. The lowest BCUT2D eigenvalue weighted by Gasteiger charge is -2.17. The Bertz CT molecular complexity index is 2460. The van der Waals surface area contributed by atoms with Gasteiger partial charge in [-0.1, -0.05) is 109 Å². The van der Waals surface area contributed by atoms with Crippen LogP contribution in [0.15, 0.2) is 146 Å². The summed E-state index contributed by atoms with van der Waals surface area (Å²) < 4.78 is 2.13. The highest BCUT2D eigenvalue weighted by Crippen LogP contribution is 2.38. The summed E-state index contributed by atoms with van der Waals surface area (Å²) in [4.78, 5) is 15.5. The Morgan fingerprint density at radius 2 is 1.07 bits per heavy atom. The first-order chi connectivity index (χ1) is 21.3. The van der Waals surface area contributed by atoms with Crippen LogP contribution in [0.4, 0.5) is 0 Å². The SMILES string of the molecule is c1ccc(-c2nc(-n3c4nc5ccccc5c-4cc4cc(-c5ccc6ccccc6c5)ccc43)nc3ccccc23)cc1. The number of fused-ring (bicyclic) bond motifs is 6. The molecular formula is C39H24N4. The van der Waals surface area contributed by atoms with Gasteiger partial charge in [0.15, 0.2) is 0 Å². The number of hydrogen-bond donors (Lipinski definition) is 0. The van der Waals surface area contributed by atoms with Crippen molar-refractivity contribution < 1.29 is 0 Å². The lowest BCUT2D eigenvalue weighted by atomic mass is 9.98. The summed E-state index contributed by atoms with van der Waals surface area (Å²) in [6, 6.07) is 51.0. The van der Waals surface area contributed by atoms with Crippen LogP contribution in [0.2, 0.25) is 0 Å². The van der Waals surface area contributed by atoms with E-state index in [1.807, 2.05) is 24.3 Å². The quantitative estimate of drug-likeness (QED) is 0.221. The molecule has 43 heavy (non-hydrogen) atoms. The number of nitrogens with zero attached hydrogens (tertiary/aromatic N) is 4. The Balaban J connectivity index is 1.35. The van der Waals surface area contributed by atoms with E-state index in [1.165, 1.54) is 16.3 Å². The van der Waals surface area contributed by atoms with Gasteiger partial charge in [-0.2, -0.15) is 0 Å². The predicted octanol–water partition coefficient (Wildman–Crippen LogP) is 9.71. The molecule has 0 saturated heterocycles. The molecule has 0 fully saturated rings. The molecule has 1 aromatic heterocycles. The Morgan fingerprint density at radius 1 is 0.419 bits per heavy atom. The van der Waals surface area contributed by atoms with E-state index in [9.17, 15) is 0 Å². The highest BCUT2D eigenvalue weighted by atomic mass is 15.2. The minimum absolute atomic E-state index is 0.606. The van der Waals surface area contributed by atoms with Gasteiger partial charge in [0, 0.05) is 27.3 Å². The first kappa shape index (κ1) is 23.8. The molecule has 3 heterocycles. The van der Waals surface area contributed by atoms with E-state index in [0.29, 0.717) is 5.95 Å². The Labute approximate surface area is 247 Å². The second-order valence-corrected chi connectivity index (χ2v) is 10.9. The fourth-order valence-electron chi connectivity index (χ4n) is 6.28. The van der Waals surface area contributed by atoms with Gasteiger partial charge in [0.25, 0.3) is 0 Å². The average molecular weight is 549 g/mol. The summed E-state index contributed by atoms with van der Waals surface area (Å²) in [5.74, 6) is 1.45. The minimum atomic E-state index is 0.606. The summed E-state index contributed by atoms with van der Waals surface area (Å²) in [5.41, 5.74) is 8.25. The molecule has 0 aliphatic carbocycles. The zero-order valence-corrected chi connectivity index (χ0v) is 23.1. The topological polar surface area (TPSA) is 43.6 Å². The number of rotatable bonds is 3. The third-order valence-electron chi connectivity index (χ3n) is 8.36. The van der Waals surface area contributed by atoms with Crippen molar-refractivity contribution in [3.8, 4) is 39.7 Å². The van der Waals surface area contributed by atoms with Gasteiger partial charge >= 0.3 is 0 Å². The Kier molecular flexibility index (Phi) is 5.16. The molecule has 2 aliphatic heterocycles. The summed E-state index contributed by atoms with van der Waals surface area (Å²) in [6.45, 7) is 0. The van der Waals surface area contributed by atoms with Crippen molar-refractivity contribution >= 4 is 43.5 Å². The Hall–Kier alpha value is -5.87. The molecule has 0 spiro atoms. The highest BCUT2D eigenvalue weighted by molar-refractivity contribution is 6.03. The minimum Gasteiger partial charge on any atom is -0.262 e. The summed E-state index contributed by atoms with van der Waals surface area (Å²) in [6.07, 6.45) is 0. The number of hydrogen-bond acceptors (Lipinski definition) is 3. The van der Waals surface area contributed by atoms with Crippen molar-refractivity contribution in [2.24, 2.45) is 0 Å². The lowest BCUT2D eigenvalue weighted by molar-refractivity contribution is 0.961. The highest BCUT2D eigenvalue weighted by Gasteiger charge is 2.22. The third kappa shape index (κ3) is 3.81. The van der Waals surface area contributed by atoms with Crippen molar-refractivity contribution in [1.29, 1.82) is 0 Å². The fourth-order valence-corrected chi connectivity index (χ4v) is 6.28. The molecule has 6 aromatic carbocycles. The van der Waals surface area contributed by atoms with Crippen molar-refractivity contribution in [1.82, 2.24) is 19.5 Å². The van der Waals surface area contributed by atoms with Gasteiger partial charge in [-0.05, 0) is 58.3 Å². The van der Waals surface area contributed by atoms with Gasteiger partial charge in [-0.25, -0.2) is 15.0 Å². The van der Waals surface area contributed by atoms with Crippen LogP contribution in [0.25, 0.3) is 83.2 Å². The van der Waals surface area contributed by atoms with Crippen molar-refractivity contribution in [3.05, 3.63) is 146 Å². The number of aromatic nitrogens is 4. The molecule has 0 unspecified atom stereocenters. The summed E-state index contributed by atoms with van der Waals surface area (Å²) in [5, 5.41) is 5.72. The van der Waals surface area contributed by atoms with Crippen LogP contribution in [0.3, 0.4) is 0 Å². The second kappa shape index (κ2) is 9.33. The third-order valence-corrected chi connectivity index (χ3v) is 8.36. The molecule has 0 N–H and O–H groups in total. The van der Waals surface area contributed by atoms with E-state index in [4.69, 9.17) is 15.0 Å². The van der Waals surface area contributed by atoms with Crippen LogP contribution in [0.1, 0.15) is 0 Å². The normalized spacial score (nSPS) is 11.7. The van der Waals surface area contributed by atoms with Crippen LogP contribution in [0, 0.1) is 0 Å². The largest absolute Gasteiger partial charge is 0.262 e. The van der Waals surface area contributed by atoms with Gasteiger partial charge in [0.05, 0.1) is 22.2 Å². The molecule has 0 bridgehead atoms. The fraction of sp³-hybridized carbons (Fsp3) is 0. The number of pyridine rings is 1. The van der Waals surface area contributed by atoms with E-state index in [2.05, 4.69) is 126 Å². The standard InChI is InChI=1S/C39H24N4/c1-2-11-26(12-3-1)37-32-15-7-9-17-35(32)41-39(42-37)43-36-21-20-29(28-19-18-25-10-4-5-13-27(25)22-28)23-30(36)24-33-31-14-6-8-16-34(31)40-38(33)43/h1-24H. The lowest BCUT2D eigenvalue weighted by Crippen LogP contribution is -2.09. The molecule has 2 aliphatic rings. The Morgan fingerprint density at radius 3 is 1.91 bits per heavy atom. The number of benzene rings is 6. The van der Waals surface area contributed by atoms with Crippen molar-refractivity contribution in [2.75, 3.05) is 0 Å². The van der Waals surface area contributed by atoms with Crippen LogP contribution < -0.4 is 0 Å². The van der Waals surface area contributed by atoms with E-state index in [1.54, 1.807) is 0 Å². The van der Waals surface area contributed by atoms with E-state index < -0.39 is 0 Å². The molecule has 4 nitrogen and oxygen atoms in total. The van der Waals surface area contributed by atoms with E-state index in [-0.39, 0.29) is 0 Å². The van der Waals surface area contributed by atoms with Crippen LogP contribution >= 0.6 is 0 Å². The first-order valence-electron chi connectivity index (χ1n) is 14.5. The second-order valence-electron chi connectivity index (χ2n) is 10.9. The molecule has 7 aromatic rings. The molecule has 0 amide bonds. The monoisotopic (exact) mass is 548 g/mol. The van der Waals surface area contributed by atoms with Crippen LogP contribution in [-0.2, 0) is 0 Å². The van der Waals surface area contributed by atoms with Gasteiger partial charge < -0.3 is 0 Å². The molecule has 0 atom stereocenters. The first-order valence-corrected chi connectivity index (χ1v) is 14.5. The summed E-state index contributed by atoms with van der Waals surface area (Å²) in [7, 11) is 0. The maximum Gasteiger partial charge on any atom is 0.237 e. The maximum atomic E-state index is 5.24. The molecular weight excluding hydrogens is 524 g/mol. The smallest absolute Gasteiger partial charge is 0.237 e. The van der Waals surface area contributed by atoms with E-state index in [0.717, 1.165) is 60.9 Å². The number of para-hydroxylation sites is 2.